The molecule has 1 aliphatic rings. The van der Waals surface area contributed by atoms with E-state index in [1.165, 1.54) is 11.1 Å². The maximum Gasteiger partial charge on any atom is 0.404 e. The number of fused-ring (bicyclic) bond motifs is 1. The van der Waals surface area contributed by atoms with Crippen molar-refractivity contribution in [3.05, 3.63) is 34.9 Å². The van der Waals surface area contributed by atoms with Gasteiger partial charge in [0, 0.05) is 12.0 Å². The summed E-state index contributed by atoms with van der Waals surface area (Å²) in [6.45, 7) is 2.90. The Hall–Kier alpha value is -1.99. The maximum absolute atomic E-state index is 10.7. The first kappa shape index (κ1) is 14.4. The second-order valence-electron chi connectivity index (χ2n) is 5.17. The molecule has 1 amide bonds. The van der Waals surface area contributed by atoms with Gasteiger partial charge in [-0.1, -0.05) is 31.0 Å². The summed E-state index contributed by atoms with van der Waals surface area (Å²) >= 11 is 0. The zero-order chi connectivity index (χ0) is 14.5. The Bertz CT molecular complexity index is 534. The minimum Gasteiger partial charge on any atom is -0.449 e. The van der Waals surface area contributed by atoms with Gasteiger partial charge >= 0.3 is 6.09 Å². The first-order valence-corrected chi connectivity index (χ1v) is 6.83. The number of primary amides is 1. The summed E-state index contributed by atoms with van der Waals surface area (Å²) < 4.78 is 4.87. The molecule has 0 spiro atoms. The fraction of sp³-hybridized carbons (Fsp3) is 0.438. The minimum atomic E-state index is -0.730. The van der Waals surface area contributed by atoms with Gasteiger partial charge in [-0.2, -0.15) is 0 Å². The van der Waals surface area contributed by atoms with Gasteiger partial charge in [0.15, 0.2) is 0 Å². The van der Waals surface area contributed by atoms with E-state index in [4.69, 9.17) is 16.9 Å². The lowest BCUT2D eigenvalue weighted by molar-refractivity contribution is 0.151. The molecule has 0 aliphatic heterocycles. The highest BCUT2D eigenvalue weighted by Gasteiger charge is 2.22. The molecule has 4 nitrogen and oxygen atoms in total. The van der Waals surface area contributed by atoms with E-state index in [1.54, 1.807) is 0 Å². The van der Waals surface area contributed by atoms with Gasteiger partial charge in [-0.05, 0) is 29.5 Å². The van der Waals surface area contributed by atoms with Crippen molar-refractivity contribution in [1.82, 2.24) is 5.32 Å². The Morgan fingerprint density at radius 2 is 2.45 bits per heavy atom. The molecule has 0 aromatic heterocycles. The van der Waals surface area contributed by atoms with Crippen molar-refractivity contribution in [1.29, 1.82) is 0 Å². The van der Waals surface area contributed by atoms with E-state index < -0.39 is 6.09 Å². The van der Waals surface area contributed by atoms with Crippen molar-refractivity contribution >= 4 is 6.09 Å². The van der Waals surface area contributed by atoms with Gasteiger partial charge in [-0.15, -0.1) is 6.42 Å². The number of ether oxygens (including phenoxy) is 1. The van der Waals surface area contributed by atoms with Gasteiger partial charge in [0.25, 0.3) is 0 Å². The molecular weight excluding hydrogens is 252 g/mol. The molecule has 3 N–H and O–H groups in total. The van der Waals surface area contributed by atoms with E-state index in [0.717, 1.165) is 18.4 Å². The van der Waals surface area contributed by atoms with Crippen LogP contribution in [-0.4, -0.2) is 19.2 Å². The molecule has 2 atom stereocenters. The van der Waals surface area contributed by atoms with Crippen LogP contribution in [0.5, 0.6) is 0 Å². The predicted molar refractivity (Wildman–Crippen MR) is 78.3 cm³/mol. The smallest absolute Gasteiger partial charge is 0.404 e. The molecule has 0 unspecified atom stereocenters. The highest BCUT2D eigenvalue weighted by molar-refractivity contribution is 5.64. The number of hydrogen-bond donors (Lipinski definition) is 2. The molecule has 0 heterocycles. The van der Waals surface area contributed by atoms with Crippen LogP contribution in [-0.2, 0) is 11.2 Å². The summed E-state index contributed by atoms with van der Waals surface area (Å²) in [5, 5.41) is 3.36. The Labute approximate surface area is 119 Å². The molecule has 0 radical (unpaired) electrons. The molecule has 1 aromatic rings. The van der Waals surface area contributed by atoms with Crippen molar-refractivity contribution in [3.63, 3.8) is 0 Å². The molecular formula is C16H20N2O2. The number of hydrogen-bond acceptors (Lipinski definition) is 3. The van der Waals surface area contributed by atoms with Crippen LogP contribution in [0.2, 0.25) is 0 Å². The van der Waals surface area contributed by atoms with Gasteiger partial charge in [-0.3, -0.25) is 5.32 Å². The summed E-state index contributed by atoms with van der Waals surface area (Å²) in [6.07, 6.45) is 6.72. The number of nitrogens with one attached hydrogen (secondary N) is 1. The first-order chi connectivity index (χ1) is 9.61. The zero-order valence-electron chi connectivity index (χ0n) is 11.7. The Kier molecular flexibility index (Phi) is 4.65. The average Bonchev–Trinajstić information content (AvgIpc) is 2.84. The summed E-state index contributed by atoms with van der Waals surface area (Å²) in [5.74, 6) is 2.74. The molecule has 0 saturated carbocycles. The van der Waals surface area contributed by atoms with E-state index in [0.29, 0.717) is 19.2 Å². The number of amides is 1. The number of aryl methyl sites for hydroxylation is 1. The molecule has 0 bridgehead atoms. The second-order valence-corrected chi connectivity index (χ2v) is 5.17. The topological polar surface area (TPSA) is 64.3 Å². The molecule has 2 rings (SSSR count). The molecule has 0 fully saturated rings. The maximum atomic E-state index is 10.7. The lowest BCUT2D eigenvalue weighted by Gasteiger charge is -2.16. The lowest BCUT2D eigenvalue weighted by atomic mass is 9.96. The van der Waals surface area contributed by atoms with Crippen LogP contribution >= 0.6 is 0 Å². The molecule has 4 heteroatoms. The van der Waals surface area contributed by atoms with E-state index in [-0.39, 0.29) is 5.92 Å². The average molecular weight is 272 g/mol. The van der Waals surface area contributed by atoms with Crippen molar-refractivity contribution in [2.75, 3.05) is 13.2 Å². The van der Waals surface area contributed by atoms with Crippen molar-refractivity contribution in [2.45, 2.75) is 31.7 Å². The Balaban J connectivity index is 2.10. The van der Waals surface area contributed by atoms with Crippen LogP contribution < -0.4 is 11.1 Å². The van der Waals surface area contributed by atoms with Crippen LogP contribution in [0, 0.1) is 12.3 Å². The quantitative estimate of drug-likeness (QED) is 0.807. The minimum absolute atomic E-state index is 0.127. The number of carbonyl (C=O) groups is 1. The van der Waals surface area contributed by atoms with Crippen LogP contribution in [0.25, 0.3) is 0 Å². The molecule has 20 heavy (non-hydrogen) atoms. The number of terminal acetylenes is 1. The SMILES string of the molecule is C#CCN[C@@H]1CCc2ccc([C@@H](C)COC(N)=O)cc21. The van der Waals surface area contributed by atoms with Gasteiger partial charge in [0.2, 0.25) is 0 Å². The van der Waals surface area contributed by atoms with Crippen LogP contribution in [0.3, 0.4) is 0 Å². The summed E-state index contributed by atoms with van der Waals surface area (Å²) in [5.41, 5.74) is 8.82. The monoisotopic (exact) mass is 272 g/mol. The number of nitrogens with two attached hydrogens (primary N) is 1. The van der Waals surface area contributed by atoms with Gasteiger partial charge in [0.05, 0.1) is 13.2 Å². The van der Waals surface area contributed by atoms with Gasteiger partial charge < -0.3 is 10.5 Å². The van der Waals surface area contributed by atoms with Gasteiger partial charge in [0.1, 0.15) is 0 Å². The summed E-state index contributed by atoms with van der Waals surface area (Å²) in [6, 6.07) is 6.76. The van der Waals surface area contributed by atoms with E-state index in [1.807, 2.05) is 6.92 Å². The summed E-state index contributed by atoms with van der Waals surface area (Å²) in [4.78, 5) is 10.7. The highest BCUT2D eigenvalue weighted by Crippen LogP contribution is 2.33. The van der Waals surface area contributed by atoms with E-state index in [9.17, 15) is 4.79 Å². The largest absolute Gasteiger partial charge is 0.449 e. The van der Waals surface area contributed by atoms with Crippen molar-refractivity contribution in [2.24, 2.45) is 5.73 Å². The Morgan fingerprint density at radius 3 is 3.15 bits per heavy atom. The van der Waals surface area contributed by atoms with Gasteiger partial charge in [-0.25, -0.2) is 4.79 Å². The number of benzene rings is 1. The van der Waals surface area contributed by atoms with Crippen LogP contribution in [0.1, 0.15) is 42.0 Å². The zero-order valence-corrected chi connectivity index (χ0v) is 11.7. The van der Waals surface area contributed by atoms with Crippen molar-refractivity contribution in [3.8, 4) is 12.3 Å². The van der Waals surface area contributed by atoms with Crippen LogP contribution in [0.15, 0.2) is 18.2 Å². The van der Waals surface area contributed by atoms with E-state index in [2.05, 4.69) is 29.4 Å². The number of carbonyl (C=O) groups excluding carboxylic acids is 1. The normalized spacial score (nSPS) is 18.1. The highest BCUT2D eigenvalue weighted by atomic mass is 16.5. The van der Waals surface area contributed by atoms with E-state index >= 15 is 0 Å². The second kappa shape index (κ2) is 6.44. The fourth-order valence-electron chi connectivity index (χ4n) is 2.62. The summed E-state index contributed by atoms with van der Waals surface area (Å²) in [7, 11) is 0. The fourth-order valence-corrected chi connectivity index (χ4v) is 2.62. The predicted octanol–water partition coefficient (Wildman–Crippen LogP) is 2.10. The number of rotatable bonds is 5. The standard InChI is InChI=1S/C16H20N2O2/c1-3-8-18-15-7-6-12-4-5-13(9-14(12)15)11(2)10-20-16(17)19/h1,4-5,9,11,15,18H,6-8,10H2,2H3,(H2,17,19)/t11-,15+/m0/s1. The molecule has 0 saturated heterocycles. The lowest BCUT2D eigenvalue weighted by Crippen LogP contribution is -2.20. The third-order valence-electron chi connectivity index (χ3n) is 3.74. The molecule has 1 aromatic carbocycles. The third kappa shape index (κ3) is 3.31. The molecule has 106 valence electrons. The molecule has 1 aliphatic carbocycles. The third-order valence-corrected chi connectivity index (χ3v) is 3.74. The van der Waals surface area contributed by atoms with Crippen molar-refractivity contribution < 1.29 is 9.53 Å². The first-order valence-electron chi connectivity index (χ1n) is 6.83. The van der Waals surface area contributed by atoms with Crippen LogP contribution in [0.4, 0.5) is 4.79 Å². The Morgan fingerprint density at radius 1 is 1.65 bits per heavy atom.